The smallest absolute Gasteiger partial charge is 0.222 e. The average molecular weight is 266 g/mol. The number of unbranched alkanes of at least 4 members (excludes halogenated alkanes) is 3. The van der Waals surface area contributed by atoms with Gasteiger partial charge in [-0.25, -0.2) is 4.39 Å². The summed E-state index contributed by atoms with van der Waals surface area (Å²) in [6, 6.07) is 6.25. The number of nitrogens with zero attached hydrogens (tertiary/aromatic N) is 1. The summed E-state index contributed by atoms with van der Waals surface area (Å²) in [7, 11) is 1.78. The fourth-order valence-electron chi connectivity index (χ4n) is 1.92. The Labute approximate surface area is 114 Å². The molecule has 0 bridgehead atoms. The van der Waals surface area contributed by atoms with Crippen LogP contribution in [0.1, 0.15) is 37.7 Å². The first-order chi connectivity index (χ1) is 9.13. The van der Waals surface area contributed by atoms with Gasteiger partial charge in [0.1, 0.15) is 5.82 Å². The molecular weight excluding hydrogens is 243 g/mol. The average Bonchev–Trinajstić information content (AvgIpc) is 2.41. The van der Waals surface area contributed by atoms with Gasteiger partial charge in [-0.2, -0.15) is 0 Å². The Hall–Kier alpha value is -1.42. The Morgan fingerprint density at radius 3 is 2.42 bits per heavy atom. The molecule has 0 heterocycles. The summed E-state index contributed by atoms with van der Waals surface area (Å²) >= 11 is 0. The highest BCUT2D eigenvalue weighted by Crippen LogP contribution is 2.09. The van der Waals surface area contributed by atoms with Crippen LogP contribution >= 0.6 is 0 Å². The molecule has 3 nitrogen and oxygen atoms in total. The minimum atomic E-state index is -0.252. The van der Waals surface area contributed by atoms with E-state index in [1.165, 1.54) is 12.1 Å². The number of carbonyl (C=O) groups excluding carboxylic acids is 1. The van der Waals surface area contributed by atoms with E-state index < -0.39 is 0 Å². The van der Waals surface area contributed by atoms with Crippen LogP contribution in [-0.4, -0.2) is 24.4 Å². The monoisotopic (exact) mass is 266 g/mol. The highest BCUT2D eigenvalue weighted by Gasteiger charge is 2.08. The van der Waals surface area contributed by atoms with Crippen molar-refractivity contribution >= 4 is 5.91 Å². The van der Waals surface area contributed by atoms with E-state index in [4.69, 9.17) is 5.73 Å². The van der Waals surface area contributed by atoms with Gasteiger partial charge < -0.3 is 10.6 Å². The van der Waals surface area contributed by atoms with Gasteiger partial charge in [0, 0.05) is 20.0 Å². The molecule has 0 aromatic heterocycles. The number of rotatable bonds is 8. The van der Waals surface area contributed by atoms with Crippen LogP contribution in [0, 0.1) is 5.82 Å². The van der Waals surface area contributed by atoms with E-state index in [0.717, 1.165) is 37.8 Å². The topological polar surface area (TPSA) is 46.3 Å². The second kappa shape index (κ2) is 8.64. The molecule has 0 aliphatic carbocycles. The van der Waals surface area contributed by atoms with Crippen LogP contribution in [0.2, 0.25) is 0 Å². The number of amides is 1. The first kappa shape index (κ1) is 15.6. The van der Waals surface area contributed by atoms with Crippen LogP contribution in [0.25, 0.3) is 0 Å². The van der Waals surface area contributed by atoms with E-state index in [-0.39, 0.29) is 11.7 Å². The van der Waals surface area contributed by atoms with Gasteiger partial charge in [0.05, 0.1) is 0 Å². The minimum absolute atomic E-state index is 0.136. The van der Waals surface area contributed by atoms with E-state index in [1.807, 2.05) is 0 Å². The highest BCUT2D eigenvalue weighted by molar-refractivity contribution is 5.75. The third-order valence-electron chi connectivity index (χ3n) is 3.10. The molecule has 1 amide bonds. The molecule has 0 radical (unpaired) electrons. The summed E-state index contributed by atoms with van der Waals surface area (Å²) in [5.41, 5.74) is 6.36. The van der Waals surface area contributed by atoms with Crippen molar-refractivity contribution in [3.63, 3.8) is 0 Å². The molecule has 0 saturated heterocycles. The number of hydrogen-bond acceptors (Lipinski definition) is 2. The van der Waals surface area contributed by atoms with E-state index in [2.05, 4.69) is 0 Å². The standard InChI is InChI=1S/C15H23FN2O/c1-18(12-13-7-9-14(16)10-8-13)15(19)6-4-2-3-5-11-17/h7-10H,2-6,11-12,17H2,1H3. The van der Waals surface area contributed by atoms with E-state index in [9.17, 15) is 9.18 Å². The second-order valence-electron chi connectivity index (χ2n) is 4.83. The maximum atomic E-state index is 12.8. The number of benzene rings is 1. The first-order valence-corrected chi connectivity index (χ1v) is 6.82. The van der Waals surface area contributed by atoms with Crippen molar-refractivity contribution in [2.45, 2.75) is 38.6 Å². The molecular formula is C15H23FN2O. The maximum Gasteiger partial charge on any atom is 0.222 e. The third kappa shape index (κ3) is 6.34. The van der Waals surface area contributed by atoms with Crippen molar-refractivity contribution in [1.82, 2.24) is 4.90 Å². The fraction of sp³-hybridized carbons (Fsp3) is 0.533. The molecule has 19 heavy (non-hydrogen) atoms. The quantitative estimate of drug-likeness (QED) is 0.735. The van der Waals surface area contributed by atoms with Crippen molar-refractivity contribution in [2.24, 2.45) is 5.73 Å². The molecule has 1 aromatic carbocycles. The van der Waals surface area contributed by atoms with Gasteiger partial charge in [0.25, 0.3) is 0 Å². The zero-order valence-corrected chi connectivity index (χ0v) is 11.6. The van der Waals surface area contributed by atoms with Crippen LogP contribution in [0.3, 0.4) is 0 Å². The normalized spacial score (nSPS) is 10.5. The Morgan fingerprint density at radius 2 is 1.79 bits per heavy atom. The van der Waals surface area contributed by atoms with Crippen molar-refractivity contribution in [3.8, 4) is 0 Å². The van der Waals surface area contributed by atoms with E-state index in [0.29, 0.717) is 13.0 Å². The molecule has 1 aromatic rings. The third-order valence-corrected chi connectivity index (χ3v) is 3.10. The van der Waals surface area contributed by atoms with E-state index >= 15 is 0 Å². The van der Waals surface area contributed by atoms with Crippen LogP contribution < -0.4 is 5.73 Å². The fourth-order valence-corrected chi connectivity index (χ4v) is 1.92. The lowest BCUT2D eigenvalue weighted by atomic mass is 10.1. The largest absolute Gasteiger partial charge is 0.341 e. The number of nitrogens with two attached hydrogens (primary N) is 1. The van der Waals surface area contributed by atoms with Gasteiger partial charge in [-0.1, -0.05) is 25.0 Å². The lowest BCUT2D eigenvalue weighted by molar-refractivity contribution is -0.130. The SMILES string of the molecule is CN(Cc1ccc(F)cc1)C(=O)CCCCCCN. The van der Waals surface area contributed by atoms with Gasteiger partial charge in [0.2, 0.25) is 5.91 Å². The second-order valence-corrected chi connectivity index (χ2v) is 4.83. The van der Waals surface area contributed by atoms with Crippen LogP contribution in [0.4, 0.5) is 4.39 Å². The molecule has 4 heteroatoms. The number of halogens is 1. The Kier molecular flexibility index (Phi) is 7.11. The molecule has 0 aliphatic rings. The lowest BCUT2D eigenvalue weighted by Crippen LogP contribution is -2.25. The molecule has 0 saturated carbocycles. The van der Waals surface area contributed by atoms with Crippen molar-refractivity contribution < 1.29 is 9.18 Å². The van der Waals surface area contributed by atoms with Crippen LogP contribution in [0.15, 0.2) is 24.3 Å². The summed E-state index contributed by atoms with van der Waals surface area (Å²) in [6.07, 6.45) is 4.65. The number of hydrogen-bond donors (Lipinski definition) is 1. The predicted molar refractivity (Wildman–Crippen MR) is 75.0 cm³/mol. The van der Waals surface area contributed by atoms with Gasteiger partial charge in [-0.15, -0.1) is 0 Å². The lowest BCUT2D eigenvalue weighted by Gasteiger charge is -2.17. The summed E-state index contributed by atoms with van der Waals surface area (Å²) in [5, 5.41) is 0. The molecule has 0 fully saturated rings. The van der Waals surface area contributed by atoms with E-state index in [1.54, 1.807) is 24.1 Å². The van der Waals surface area contributed by atoms with Gasteiger partial charge in [-0.3, -0.25) is 4.79 Å². The molecule has 0 atom stereocenters. The van der Waals surface area contributed by atoms with Crippen LogP contribution in [-0.2, 0) is 11.3 Å². The zero-order chi connectivity index (χ0) is 14.1. The van der Waals surface area contributed by atoms with Gasteiger partial charge in [0.15, 0.2) is 0 Å². The minimum Gasteiger partial charge on any atom is -0.341 e. The van der Waals surface area contributed by atoms with Crippen molar-refractivity contribution in [1.29, 1.82) is 0 Å². The summed E-state index contributed by atoms with van der Waals surface area (Å²) in [5.74, 6) is -0.116. The predicted octanol–water partition coefficient (Wildman–Crippen LogP) is 2.69. The molecule has 0 spiro atoms. The molecule has 0 unspecified atom stereocenters. The van der Waals surface area contributed by atoms with Crippen molar-refractivity contribution in [3.05, 3.63) is 35.6 Å². The van der Waals surface area contributed by atoms with Gasteiger partial charge >= 0.3 is 0 Å². The highest BCUT2D eigenvalue weighted by atomic mass is 19.1. The zero-order valence-electron chi connectivity index (χ0n) is 11.6. The maximum absolute atomic E-state index is 12.8. The summed E-state index contributed by atoms with van der Waals surface area (Å²) in [6.45, 7) is 1.25. The summed E-state index contributed by atoms with van der Waals surface area (Å²) in [4.78, 5) is 13.6. The number of carbonyl (C=O) groups is 1. The molecule has 2 N–H and O–H groups in total. The van der Waals surface area contributed by atoms with Crippen LogP contribution in [0.5, 0.6) is 0 Å². The molecule has 1 rings (SSSR count). The Balaban J connectivity index is 2.26. The summed E-state index contributed by atoms with van der Waals surface area (Å²) < 4.78 is 12.8. The molecule has 0 aliphatic heterocycles. The Bertz CT molecular complexity index is 378. The molecule has 106 valence electrons. The Morgan fingerprint density at radius 1 is 1.16 bits per heavy atom. The first-order valence-electron chi connectivity index (χ1n) is 6.82. The van der Waals surface area contributed by atoms with Crippen molar-refractivity contribution in [2.75, 3.05) is 13.6 Å². The van der Waals surface area contributed by atoms with Gasteiger partial charge in [-0.05, 0) is 37.1 Å².